The zero-order valence-corrected chi connectivity index (χ0v) is 23.7. The van der Waals surface area contributed by atoms with Crippen LogP contribution in [0.3, 0.4) is 0 Å². The molecule has 0 aliphatic carbocycles. The maximum Gasteiger partial charge on any atom is 0.305 e. The number of amides is 4. The largest absolute Gasteiger partial charge is 0.463 e. The average Bonchev–Trinajstić information content (AvgIpc) is 3.21. The Morgan fingerprint density at radius 1 is 0.902 bits per heavy atom. The van der Waals surface area contributed by atoms with Crippen LogP contribution < -0.4 is 10.6 Å². The van der Waals surface area contributed by atoms with Crippen LogP contribution in [-0.4, -0.2) is 93.3 Å². The van der Waals surface area contributed by atoms with Gasteiger partial charge >= 0.3 is 5.97 Å². The number of carbonyl (C=O) groups is 5. The Balaban J connectivity index is 1.22. The minimum Gasteiger partial charge on any atom is -0.463 e. The quantitative estimate of drug-likeness (QED) is 0.135. The second kappa shape index (κ2) is 17.5. The molecule has 4 amide bonds. The molecule has 2 aliphatic heterocycles. The van der Waals surface area contributed by atoms with Gasteiger partial charge in [-0.2, -0.15) is 0 Å². The Labute approximate surface area is 240 Å². The third kappa shape index (κ3) is 9.91. The number of imide groups is 2. The van der Waals surface area contributed by atoms with Crippen molar-refractivity contribution in [3.8, 4) is 0 Å². The highest BCUT2D eigenvalue weighted by molar-refractivity contribution is 6.25. The fourth-order valence-electron chi connectivity index (χ4n) is 4.62. The molecule has 41 heavy (non-hydrogen) atoms. The number of anilines is 1. The Morgan fingerprint density at radius 3 is 2.29 bits per heavy atom. The summed E-state index contributed by atoms with van der Waals surface area (Å²) in [6, 6.07) is 3.90. The van der Waals surface area contributed by atoms with E-state index < -0.39 is 29.7 Å². The highest BCUT2D eigenvalue weighted by Gasteiger charge is 2.45. The summed E-state index contributed by atoms with van der Waals surface area (Å²) in [7, 11) is 0. The number of carbonyl (C=O) groups excluding carboxylic acids is 5. The van der Waals surface area contributed by atoms with E-state index in [0.717, 1.165) is 24.2 Å². The molecule has 1 fully saturated rings. The van der Waals surface area contributed by atoms with Crippen LogP contribution in [0.15, 0.2) is 18.2 Å². The number of unbranched alkanes of at least 4 members (excludes halogenated alkanes) is 4. The van der Waals surface area contributed by atoms with Crippen molar-refractivity contribution in [2.45, 2.75) is 64.3 Å². The first-order valence-electron chi connectivity index (χ1n) is 14.4. The topological polar surface area (TPSA) is 150 Å². The van der Waals surface area contributed by atoms with Crippen molar-refractivity contribution in [3.63, 3.8) is 0 Å². The summed E-state index contributed by atoms with van der Waals surface area (Å²) in [4.78, 5) is 62.3. The number of nitrogens with zero attached hydrogens (tertiary/aromatic N) is 1. The summed E-state index contributed by atoms with van der Waals surface area (Å²) < 4.78 is 21.6. The number of rotatable bonds is 20. The van der Waals surface area contributed by atoms with Crippen molar-refractivity contribution in [3.05, 3.63) is 29.3 Å². The summed E-state index contributed by atoms with van der Waals surface area (Å²) in [6.45, 7) is 4.98. The van der Waals surface area contributed by atoms with Gasteiger partial charge in [0.15, 0.2) is 0 Å². The van der Waals surface area contributed by atoms with Gasteiger partial charge < -0.3 is 24.3 Å². The fraction of sp³-hybridized carbons (Fsp3) is 0.621. The van der Waals surface area contributed by atoms with E-state index in [1.165, 1.54) is 12.8 Å². The zero-order chi connectivity index (χ0) is 29.5. The normalized spacial score (nSPS) is 16.6. The predicted octanol–water partition coefficient (Wildman–Crippen LogP) is 2.45. The average molecular weight is 576 g/mol. The summed E-state index contributed by atoms with van der Waals surface area (Å²) in [5.41, 5.74) is 0.908. The van der Waals surface area contributed by atoms with Gasteiger partial charge in [-0.05, 0) is 25.0 Å². The van der Waals surface area contributed by atoms with Crippen molar-refractivity contribution in [1.82, 2.24) is 10.2 Å². The smallest absolute Gasteiger partial charge is 0.305 e. The van der Waals surface area contributed by atoms with Crippen molar-refractivity contribution in [1.29, 1.82) is 0 Å². The summed E-state index contributed by atoms with van der Waals surface area (Å²) in [6.07, 6.45) is 6.09. The molecule has 0 saturated carbocycles. The summed E-state index contributed by atoms with van der Waals surface area (Å²) >= 11 is 0. The molecule has 2 heterocycles. The molecule has 3 rings (SSSR count). The minimum absolute atomic E-state index is 0.0689. The summed E-state index contributed by atoms with van der Waals surface area (Å²) in [5.74, 6) is -2.34. The standard InChI is InChI=1S/C29H41N3O9/c1-2-3-4-5-6-10-25(34)41-20-19-40-18-17-39-16-15-38-14-13-30-22-9-7-8-21-26(22)29(37)32(28(21)36)23-11-12-24(33)31-27(23)35/h7-9,23,30H,2-6,10-20H2,1H3,(H,31,33,35). The van der Waals surface area contributed by atoms with Gasteiger partial charge in [0.1, 0.15) is 12.6 Å². The van der Waals surface area contributed by atoms with Crippen LogP contribution in [-0.2, 0) is 33.3 Å². The van der Waals surface area contributed by atoms with Gasteiger partial charge in [-0.1, -0.05) is 38.7 Å². The molecule has 0 bridgehead atoms. The molecule has 1 unspecified atom stereocenters. The molecule has 1 atom stereocenters. The van der Waals surface area contributed by atoms with Crippen molar-refractivity contribution in [2.75, 3.05) is 58.1 Å². The second-order valence-corrected chi connectivity index (χ2v) is 9.82. The Bertz CT molecular complexity index is 1060. The number of ether oxygens (including phenoxy) is 4. The molecular weight excluding hydrogens is 534 g/mol. The van der Waals surface area contributed by atoms with E-state index in [2.05, 4.69) is 17.6 Å². The maximum atomic E-state index is 13.1. The van der Waals surface area contributed by atoms with Gasteiger partial charge in [-0.15, -0.1) is 0 Å². The van der Waals surface area contributed by atoms with Crippen LogP contribution in [0.2, 0.25) is 0 Å². The second-order valence-electron chi connectivity index (χ2n) is 9.82. The third-order valence-electron chi connectivity index (χ3n) is 6.75. The molecule has 2 aliphatic rings. The van der Waals surface area contributed by atoms with Gasteiger partial charge in [0.05, 0.1) is 50.8 Å². The van der Waals surface area contributed by atoms with Crippen LogP contribution in [0.5, 0.6) is 0 Å². The summed E-state index contributed by atoms with van der Waals surface area (Å²) in [5, 5.41) is 5.31. The molecule has 226 valence electrons. The molecule has 0 spiro atoms. The highest BCUT2D eigenvalue weighted by atomic mass is 16.6. The first kappa shape index (κ1) is 32.2. The first-order chi connectivity index (χ1) is 19.9. The number of esters is 1. The van der Waals surface area contributed by atoms with Gasteiger partial charge in [0.25, 0.3) is 11.8 Å². The van der Waals surface area contributed by atoms with Gasteiger partial charge in [-0.25, -0.2) is 0 Å². The lowest BCUT2D eigenvalue weighted by molar-refractivity contribution is -0.145. The van der Waals surface area contributed by atoms with E-state index in [4.69, 9.17) is 18.9 Å². The number of fused-ring (bicyclic) bond motifs is 1. The third-order valence-corrected chi connectivity index (χ3v) is 6.75. The lowest BCUT2D eigenvalue weighted by atomic mass is 10.0. The van der Waals surface area contributed by atoms with Gasteiger partial charge in [0.2, 0.25) is 11.8 Å². The van der Waals surface area contributed by atoms with E-state index in [1.54, 1.807) is 18.2 Å². The van der Waals surface area contributed by atoms with Crippen LogP contribution in [0.4, 0.5) is 5.69 Å². The lowest BCUT2D eigenvalue weighted by Gasteiger charge is -2.27. The van der Waals surface area contributed by atoms with E-state index in [0.29, 0.717) is 58.3 Å². The van der Waals surface area contributed by atoms with Crippen molar-refractivity contribution in [2.24, 2.45) is 0 Å². The molecule has 12 nitrogen and oxygen atoms in total. The predicted molar refractivity (Wildman–Crippen MR) is 148 cm³/mol. The monoisotopic (exact) mass is 575 g/mol. The number of benzene rings is 1. The van der Waals surface area contributed by atoms with E-state index >= 15 is 0 Å². The van der Waals surface area contributed by atoms with Crippen LogP contribution >= 0.6 is 0 Å². The van der Waals surface area contributed by atoms with Gasteiger partial charge in [-0.3, -0.25) is 34.2 Å². The number of piperidine rings is 1. The number of hydrogen-bond acceptors (Lipinski definition) is 10. The molecule has 2 N–H and O–H groups in total. The molecule has 1 aromatic rings. The number of nitrogens with one attached hydrogen (secondary N) is 2. The maximum absolute atomic E-state index is 13.1. The Morgan fingerprint density at radius 2 is 1.59 bits per heavy atom. The van der Waals surface area contributed by atoms with E-state index in [9.17, 15) is 24.0 Å². The molecule has 0 aromatic heterocycles. The van der Waals surface area contributed by atoms with E-state index in [-0.39, 0.29) is 36.5 Å². The number of hydrogen-bond donors (Lipinski definition) is 2. The van der Waals surface area contributed by atoms with Crippen LogP contribution in [0.25, 0.3) is 0 Å². The molecular formula is C29H41N3O9. The SMILES string of the molecule is CCCCCCCC(=O)OCCOCCOCCOCCNc1cccc2c1C(=O)N(C1CCC(=O)NC1=O)C2=O. The molecule has 1 aromatic carbocycles. The van der Waals surface area contributed by atoms with Crippen LogP contribution in [0, 0.1) is 0 Å². The molecule has 0 radical (unpaired) electrons. The van der Waals surface area contributed by atoms with Crippen molar-refractivity contribution < 1.29 is 42.9 Å². The Hall–Kier alpha value is -3.35. The lowest BCUT2D eigenvalue weighted by Crippen LogP contribution is -2.54. The van der Waals surface area contributed by atoms with E-state index in [1.807, 2.05) is 0 Å². The first-order valence-corrected chi connectivity index (χ1v) is 14.4. The zero-order valence-electron chi connectivity index (χ0n) is 23.7. The van der Waals surface area contributed by atoms with Gasteiger partial charge in [0, 0.05) is 25.1 Å². The minimum atomic E-state index is -1.01. The fourth-order valence-corrected chi connectivity index (χ4v) is 4.62. The molecule has 1 saturated heterocycles. The highest BCUT2D eigenvalue weighted by Crippen LogP contribution is 2.32. The Kier molecular flexibility index (Phi) is 13.7. The van der Waals surface area contributed by atoms with Crippen LogP contribution in [0.1, 0.15) is 79.0 Å². The van der Waals surface area contributed by atoms with Crippen molar-refractivity contribution >= 4 is 35.3 Å². The molecule has 12 heteroatoms.